The smallest absolute Gasteiger partial charge is 0.224 e. The van der Waals surface area contributed by atoms with Crippen LogP contribution in [-0.4, -0.2) is 17.1 Å². The average Bonchev–Trinajstić information content (AvgIpc) is 2.36. The van der Waals surface area contributed by atoms with Crippen molar-refractivity contribution in [2.45, 2.75) is 13.5 Å². The number of nitrogens with one attached hydrogen (secondary N) is 1. The number of aryl methyl sites for hydroxylation is 1. The topological polar surface area (TPSA) is 47.0 Å². The Hall–Kier alpha value is -1.65. The fourth-order valence-electron chi connectivity index (χ4n) is 1.60. The number of benzene rings is 1. The van der Waals surface area contributed by atoms with Crippen LogP contribution in [0.25, 0.3) is 0 Å². The van der Waals surface area contributed by atoms with E-state index in [2.05, 4.69) is 15.3 Å². The quantitative estimate of drug-likeness (QED) is 0.860. The van der Waals surface area contributed by atoms with Crippen molar-refractivity contribution in [3.63, 3.8) is 0 Å². The number of anilines is 2. The van der Waals surface area contributed by atoms with Crippen LogP contribution in [0.3, 0.4) is 0 Å². The number of ether oxygens (including phenoxy) is 1. The number of hydrogen-bond acceptors (Lipinski definition) is 4. The molecule has 0 atom stereocenters. The molecule has 0 aliphatic heterocycles. The molecule has 5 heteroatoms. The van der Waals surface area contributed by atoms with E-state index in [-0.39, 0.29) is 5.28 Å². The van der Waals surface area contributed by atoms with Crippen molar-refractivity contribution in [3.8, 4) is 0 Å². The summed E-state index contributed by atoms with van der Waals surface area (Å²) in [5.74, 6) is 0.707. The van der Waals surface area contributed by atoms with Gasteiger partial charge in [-0.25, -0.2) is 9.97 Å². The van der Waals surface area contributed by atoms with E-state index < -0.39 is 0 Å². The molecule has 0 amide bonds. The molecule has 0 saturated heterocycles. The minimum atomic E-state index is 0.229. The van der Waals surface area contributed by atoms with Gasteiger partial charge in [0.2, 0.25) is 5.28 Å². The van der Waals surface area contributed by atoms with Crippen molar-refractivity contribution in [1.29, 1.82) is 0 Å². The van der Waals surface area contributed by atoms with Gasteiger partial charge in [0.15, 0.2) is 0 Å². The van der Waals surface area contributed by atoms with E-state index in [1.54, 1.807) is 13.3 Å². The highest BCUT2D eigenvalue weighted by Gasteiger charge is 2.06. The van der Waals surface area contributed by atoms with Gasteiger partial charge in [-0.05, 0) is 24.6 Å². The van der Waals surface area contributed by atoms with Gasteiger partial charge < -0.3 is 10.1 Å². The number of hydrogen-bond donors (Lipinski definition) is 1. The highest BCUT2D eigenvalue weighted by atomic mass is 35.5. The molecule has 1 aromatic carbocycles. The molecule has 0 saturated carbocycles. The predicted molar refractivity (Wildman–Crippen MR) is 72.2 cm³/mol. The highest BCUT2D eigenvalue weighted by molar-refractivity contribution is 6.28. The number of rotatable bonds is 4. The lowest BCUT2D eigenvalue weighted by molar-refractivity contribution is 0.185. The lowest BCUT2D eigenvalue weighted by atomic mass is 10.2. The summed E-state index contributed by atoms with van der Waals surface area (Å²) in [5.41, 5.74) is 2.96. The summed E-state index contributed by atoms with van der Waals surface area (Å²) < 4.78 is 5.16. The molecule has 0 bridgehead atoms. The fourth-order valence-corrected chi connectivity index (χ4v) is 1.73. The van der Waals surface area contributed by atoms with Crippen molar-refractivity contribution in [2.75, 3.05) is 12.4 Å². The van der Waals surface area contributed by atoms with Gasteiger partial charge in [0.1, 0.15) is 5.82 Å². The molecule has 0 spiro atoms. The minimum absolute atomic E-state index is 0.229. The van der Waals surface area contributed by atoms with Gasteiger partial charge >= 0.3 is 0 Å². The Kier molecular flexibility index (Phi) is 4.12. The first-order valence-corrected chi connectivity index (χ1v) is 5.91. The fraction of sp³-hybridized carbons (Fsp3) is 0.231. The molecule has 1 N–H and O–H groups in total. The van der Waals surface area contributed by atoms with Crippen LogP contribution in [0.5, 0.6) is 0 Å². The molecule has 1 aromatic heterocycles. The van der Waals surface area contributed by atoms with Crippen LogP contribution >= 0.6 is 11.6 Å². The van der Waals surface area contributed by atoms with E-state index in [9.17, 15) is 0 Å². The Labute approximate surface area is 111 Å². The second-order valence-corrected chi connectivity index (χ2v) is 4.22. The summed E-state index contributed by atoms with van der Waals surface area (Å²) >= 11 is 5.80. The van der Waals surface area contributed by atoms with Crippen molar-refractivity contribution in [3.05, 3.63) is 46.9 Å². The Bertz CT molecular complexity index is 546. The van der Waals surface area contributed by atoms with Gasteiger partial charge in [-0.15, -0.1) is 0 Å². The van der Waals surface area contributed by atoms with Gasteiger partial charge in [-0.2, -0.15) is 0 Å². The molecule has 0 radical (unpaired) electrons. The standard InChI is InChI=1S/C13H14ClN3O/c1-9-7-15-13(14)17-12(9)16-11-6-4-3-5-10(11)8-18-2/h3-7H,8H2,1-2H3,(H,15,16,17). The molecule has 0 unspecified atom stereocenters. The summed E-state index contributed by atoms with van der Waals surface area (Å²) in [4.78, 5) is 8.10. The maximum absolute atomic E-state index is 5.80. The van der Waals surface area contributed by atoms with Gasteiger partial charge in [0, 0.05) is 30.1 Å². The molecule has 0 aliphatic rings. The van der Waals surface area contributed by atoms with E-state index >= 15 is 0 Å². The molecule has 94 valence electrons. The SMILES string of the molecule is COCc1ccccc1Nc1nc(Cl)ncc1C. The van der Waals surface area contributed by atoms with Gasteiger partial charge in [0.05, 0.1) is 6.61 Å². The number of halogens is 1. The van der Waals surface area contributed by atoms with Crippen LogP contribution in [0.2, 0.25) is 5.28 Å². The lowest BCUT2D eigenvalue weighted by Gasteiger charge is -2.12. The maximum atomic E-state index is 5.80. The summed E-state index contributed by atoms with van der Waals surface area (Å²) in [6, 6.07) is 7.91. The van der Waals surface area contributed by atoms with E-state index in [4.69, 9.17) is 16.3 Å². The summed E-state index contributed by atoms with van der Waals surface area (Å²) in [6.45, 7) is 2.47. The molecule has 1 heterocycles. The monoisotopic (exact) mass is 263 g/mol. The lowest BCUT2D eigenvalue weighted by Crippen LogP contribution is -2.01. The molecule has 4 nitrogen and oxygen atoms in total. The second kappa shape index (κ2) is 5.80. The first kappa shape index (κ1) is 12.8. The van der Waals surface area contributed by atoms with Crippen LogP contribution in [-0.2, 0) is 11.3 Å². The van der Waals surface area contributed by atoms with Crippen molar-refractivity contribution in [1.82, 2.24) is 9.97 Å². The van der Waals surface area contributed by atoms with Gasteiger partial charge in [-0.1, -0.05) is 18.2 Å². The van der Waals surface area contributed by atoms with Crippen LogP contribution in [0.1, 0.15) is 11.1 Å². The van der Waals surface area contributed by atoms with Crippen LogP contribution < -0.4 is 5.32 Å². The highest BCUT2D eigenvalue weighted by Crippen LogP contribution is 2.22. The maximum Gasteiger partial charge on any atom is 0.224 e. The first-order valence-electron chi connectivity index (χ1n) is 5.53. The van der Waals surface area contributed by atoms with E-state index in [0.717, 1.165) is 16.8 Å². The largest absolute Gasteiger partial charge is 0.380 e. The van der Waals surface area contributed by atoms with Crippen molar-refractivity contribution in [2.24, 2.45) is 0 Å². The Morgan fingerprint density at radius 1 is 1.33 bits per heavy atom. The molecule has 2 rings (SSSR count). The van der Waals surface area contributed by atoms with Crippen LogP contribution in [0.15, 0.2) is 30.5 Å². The van der Waals surface area contributed by atoms with E-state index in [1.807, 2.05) is 31.2 Å². The molecule has 0 fully saturated rings. The third-order valence-corrected chi connectivity index (χ3v) is 2.69. The molecule has 0 aliphatic carbocycles. The van der Waals surface area contributed by atoms with Crippen LogP contribution in [0, 0.1) is 6.92 Å². The zero-order valence-corrected chi connectivity index (χ0v) is 11.0. The van der Waals surface area contributed by atoms with Crippen LogP contribution in [0.4, 0.5) is 11.5 Å². The summed E-state index contributed by atoms with van der Waals surface area (Å²) in [7, 11) is 1.67. The minimum Gasteiger partial charge on any atom is -0.380 e. The second-order valence-electron chi connectivity index (χ2n) is 3.89. The average molecular weight is 264 g/mol. The van der Waals surface area contributed by atoms with Crippen molar-refractivity contribution < 1.29 is 4.74 Å². The number of methoxy groups -OCH3 is 1. The molecule has 18 heavy (non-hydrogen) atoms. The zero-order chi connectivity index (χ0) is 13.0. The van der Waals surface area contributed by atoms with Gasteiger partial charge in [0.25, 0.3) is 0 Å². The third kappa shape index (κ3) is 2.97. The summed E-state index contributed by atoms with van der Waals surface area (Å²) in [5, 5.41) is 3.48. The van der Waals surface area contributed by atoms with Gasteiger partial charge in [-0.3, -0.25) is 0 Å². The van der Waals surface area contributed by atoms with E-state index in [0.29, 0.717) is 12.4 Å². The Morgan fingerprint density at radius 2 is 2.11 bits per heavy atom. The Morgan fingerprint density at radius 3 is 2.89 bits per heavy atom. The molecule has 2 aromatic rings. The van der Waals surface area contributed by atoms with E-state index in [1.165, 1.54) is 0 Å². The first-order chi connectivity index (χ1) is 8.70. The normalized spacial score (nSPS) is 10.4. The summed E-state index contributed by atoms with van der Waals surface area (Å²) in [6.07, 6.45) is 1.69. The predicted octanol–water partition coefficient (Wildman–Crippen LogP) is 3.33. The number of aromatic nitrogens is 2. The van der Waals surface area contributed by atoms with Crippen molar-refractivity contribution >= 4 is 23.1 Å². The zero-order valence-electron chi connectivity index (χ0n) is 10.3. The number of nitrogens with zero attached hydrogens (tertiary/aromatic N) is 2. The molecular weight excluding hydrogens is 250 g/mol. The molecular formula is C13H14ClN3O. The third-order valence-electron chi connectivity index (χ3n) is 2.51. The number of para-hydroxylation sites is 1. The Balaban J connectivity index is 2.30.